The summed E-state index contributed by atoms with van der Waals surface area (Å²) in [5, 5.41) is 3.35. The van der Waals surface area contributed by atoms with Crippen LogP contribution in [0.2, 0.25) is 0 Å². The molecule has 2 aromatic rings. The van der Waals surface area contributed by atoms with E-state index in [4.69, 9.17) is 0 Å². The summed E-state index contributed by atoms with van der Waals surface area (Å²) < 4.78 is 0. The lowest BCUT2D eigenvalue weighted by atomic mass is 10.2. The van der Waals surface area contributed by atoms with Gasteiger partial charge in [-0.3, -0.25) is 0 Å². The van der Waals surface area contributed by atoms with Gasteiger partial charge in [-0.2, -0.15) is 0 Å². The summed E-state index contributed by atoms with van der Waals surface area (Å²) in [6.45, 7) is 4.84. The van der Waals surface area contributed by atoms with Crippen molar-refractivity contribution in [1.29, 1.82) is 0 Å². The smallest absolute Gasteiger partial charge is 0.126 e. The highest BCUT2D eigenvalue weighted by atomic mass is 15.1. The lowest BCUT2D eigenvalue weighted by Crippen LogP contribution is -2.18. The molecule has 3 heteroatoms. The van der Waals surface area contributed by atoms with Gasteiger partial charge in [0.25, 0.3) is 0 Å². The van der Waals surface area contributed by atoms with E-state index in [1.807, 2.05) is 25.1 Å². The van der Waals surface area contributed by atoms with E-state index >= 15 is 0 Å². The predicted molar refractivity (Wildman–Crippen MR) is 84.1 cm³/mol. The molecule has 0 saturated heterocycles. The first-order valence-electron chi connectivity index (χ1n) is 6.98. The number of hydrogen-bond donors (Lipinski definition) is 1. The molecule has 102 valence electrons. The van der Waals surface area contributed by atoms with E-state index in [-0.39, 0.29) is 0 Å². The molecule has 1 aliphatic heterocycles. The molecule has 1 aromatic carbocycles. The fourth-order valence-corrected chi connectivity index (χ4v) is 2.35. The summed E-state index contributed by atoms with van der Waals surface area (Å²) in [5.74, 6) is 0.929. The fourth-order valence-electron chi connectivity index (χ4n) is 2.35. The Kier molecular flexibility index (Phi) is 3.68. The largest absolute Gasteiger partial charge is 0.366 e. The van der Waals surface area contributed by atoms with Gasteiger partial charge in [-0.05, 0) is 36.8 Å². The molecule has 0 spiro atoms. The SMILES string of the molecule is Cc1cccc(NCc2ccc(N3CC=CC3)cc2)n1. The van der Waals surface area contributed by atoms with Gasteiger partial charge in [0, 0.05) is 31.0 Å². The monoisotopic (exact) mass is 265 g/mol. The number of aryl methyl sites for hydroxylation is 1. The number of rotatable bonds is 4. The molecule has 0 atom stereocenters. The van der Waals surface area contributed by atoms with Gasteiger partial charge in [0.15, 0.2) is 0 Å². The number of nitrogens with zero attached hydrogens (tertiary/aromatic N) is 2. The summed E-state index contributed by atoms with van der Waals surface area (Å²) in [6, 6.07) is 14.8. The Morgan fingerprint density at radius 2 is 1.80 bits per heavy atom. The lowest BCUT2D eigenvalue weighted by molar-refractivity contribution is 1.00. The summed E-state index contributed by atoms with van der Waals surface area (Å²) in [5.41, 5.74) is 3.59. The van der Waals surface area contributed by atoms with Crippen molar-refractivity contribution in [3.63, 3.8) is 0 Å². The third-order valence-corrected chi connectivity index (χ3v) is 3.48. The van der Waals surface area contributed by atoms with Crippen LogP contribution in [0.5, 0.6) is 0 Å². The van der Waals surface area contributed by atoms with Crippen LogP contribution in [0, 0.1) is 6.92 Å². The Morgan fingerprint density at radius 3 is 2.50 bits per heavy atom. The maximum atomic E-state index is 4.44. The van der Waals surface area contributed by atoms with E-state index in [1.54, 1.807) is 0 Å². The van der Waals surface area contributed by atoms with Crippen LogP contribution in [0.1, 0.15) is 11.3 Å². The van der Waals surface area contributed by atoms with Gasteiger partial charge in [0.1, 0.15) is 5.82 Å². The number of hydrogen-bond acceptors (Lipinski definition) is 3. The molecule has 0 saturated carbocycles. The Balaban J connectivity index is 1.60. The van der Waals surface area contributed by atoms with E-state index in [0.29, 0.717) is 0 Å². The average molecular weight is 265 g/mol. The minimum Gasteiger partial charge on any atom is -0.366 e. The Morgan fingerprint density at radius 1 is 1.05 bits per heavy atom. The van der Waals surface area contributed by atoms with Gasteiger partial charge < -0.3 is 10.2 Å². The van der Waals surface area contributed by atoms with Crippen molar-refractivity contribution in [1.82, 2.24) is 4.98 Å². The Labute approximate surface area is 120 Å². The standard InChI is InChI=1S/C17H19N3/c1-14-5-4-6-17(19-14)18-13-15-7-9-16(10-8-15)20-11-2-3-12-20/h2-10H,11-13H2,1H3,(H,18,19). The average Bonchev–Trinajstić information content (AvgIpc) is 3.00. The number of nitrogens with one attached hydrogen (secondary N) is 1. The highest BCUT2D eigenvalue weighted by Crippen LogP contribution is 2.18. The molecule has 0 unspecified atom stereocenters. The summed E-state index contributed by atoms with van der Waals surface area (Å²) in [7, 11) is 0. The van der Waals surface area contributed by atoms with Crippen LogP contribution in [0.15, 0.2) is 54.6 Å². The highest BCUT2D eigenvalue weighted by Gasteiger charge is 2.06. The first-order chi connectivity index (χ1) is 9.81. The third-order valence-electron chi connectivity index (χ3n) is 3.48. The Bertz CT molecular complexity index is 594. The quantitative estimate of drug-likeness (QED) is 0.859. The number of benzene rings is 1. The summed E-state index contributed by atoms with van der Waals surface area (Å²) in [6.07, 6.45) is 4.41. The summed E-state index contributed by atoms with van der Waals surface area (Å²) in [4.78, 5) is 6.79. The molecule has 20 heavy (non-hydrogen) atoms. The molecule has 0 fully saturated rings. The van der Waals surface area contributed by atoms with Crippen molar-refractivity contribution in [3.8, 4) is 0 Å². The second kappa shape index (κ2) is 5.78. The zero-order chi connectivity index (χ0) is 13.8. The van der Waals surface area contributed by atoms with Gasteiger partial charge in [0.2, 0.25) is 0 Å². The number of aromatic nitrogens is 1. The Hall–Kier alpha value is -2.29. The van der Waals surface area contributed by atoms with Crippen molar-refractivity contribution >= 4 is 11.5 Å². The van der Waals surface area contributed by atoms with Crippen molar-refractivity contribution in [2.45, 2.75) is 13.5 Å². The molecule has 1 N–H and O–H groups in total. The molecular weight excluding hydrogens is 246 g/mol. The molecule has 3 nitrogen and oxygen atoms in total. The molecular formula is C17H19N3. The molecule has 1 aliphatic rings. The molecule has 0 bridgehead atoms. The molecule has 3 rings (SSSR count). The van der Waals surface area contributed by atoms with Gasteiger partial charge in [-0.1, -0.05) is 30.4 Å². The molecule has 0 amide bonds. The lowest BCUT2D eigenvalue weighted by Gasteiger charge is -2.17. The first kappa shape index (κ1) is 12.7. The van der Waals surface area contributed by atoms with Gasteiger partial charge in [0.05, 0.1) is 0 Å². The van der Waals surface area contributed by atoms with Crippen LogP contribution >= 0.6 is 0 Å². The van der Waals surface area contributed by atoms with Crippen LogP contribution in [-0.2, 0) is 6.54 Å². The zero-order valence-corrected chi connectivity index (χ0v) is 11.7. The third kappa shape index (κ3) is 2.99. The maximum absolute atomic E-state index is 4.44. The van der Waals surface area contributed by atoms with Crippen molar-refractivity contribution in [3.05, 3.63) is 65.9 Å². The first-order valence-corrected chi connectivity index (χ1v) is 6.98. The van der Waals surface area contributed by atoms with Gasteiger partial charge in [-0.25, -0.2) is 4.98 Å². The van der Waals surface area contributed by atoms with E-state index in [0.717, 1.165) is 31.1 Å². The van der Waals surface area contributed by atoms with E-state index in [1.165, 1.54) is 11.3 Å². The van der Waals surface area contributed by atoms with E-state index < -0.39 is 0 Å². The zero-order valence-electron chi connectivity index (χ0n) is 11.7. The highest BCUT2D eigenvalue weighted by molar-refractivity contribution is 5.50. The molecule has 1 aromatic heterocycles. The second-order valence-corrected chi connectivity index (χ2v) is 5.06. The van der Waals surface area contributed by atoms with Crippen LogP contribution in [0.25, 0.3) is 0 Å². The molecule has 0 aliphatic carbocycles. The summed E-state index contributed by atoms with van der Waals surface area (Å²) >= 11 is 0. The van der Waals surface area contributed by atoms with Crippen molar-refractivity contribution < 1.29 is 0 Å². The minimum atomic E-state index is 0.801. The van der Waals surface area contributed by atoms with Crippen molar-refractivity contribution in [2.24, 2.45) is 0 Å². The van der Waals surface area contributed by atoms with Crippen LogP contribution in [-0.4, -0.2) is 18.1 Å². The molecule has 2 heterocycles. The number of pyridine rings is 1. The van der Waals surface area contributed by atoms with E-state index in [2.05, 4.69) is 51.6 Å². The maximum Gasteiger partial charge on any atom is 0.126 e. The van der Waals surface area contributed by atoms with Gasteiger partial charge >= 0.3 is 0 Å². The van der Waals surface area contributed by atoms with Crippen LogP contribution in [0.3, 0.4) is 0 Å². The topological polar surface area (TPSA) is 28.2 Å². The number of anilines is 2. The second-order valence-electron chi connectivity index (χ2n) is 5.06. The van der Waals surface area contributed by atoms with E-state index in [9.17, 15) is 0 Å². The van der Waals surface area contributed by atoms with Crippen LogP contribution < -0.4 is 10.2 Å². The van der Waals surface area contributed by atoms with Gasteiger partial charge in [-0.15, -0.1) is 0 Å². The van der Waals surface area contributed by atoms with Crippen LogP contribution in [0.4, 0.5) is 11.5 Å². The predicted octanol–water partition coefficient (Wildman–Crippen LogP) is 3.38. The minimum absolute atomic E-state index is 0.801. The van der Waals surface area contributed by atoms with Crippen molar-refractivity contribution in [2.75, 3.05) is 23.3 Å². The molecule has 0 radical (unpaired) electrons. The fraction of sp³-hybridized carbons (Fsp3) is 0.235. The normalized spacial score (nSPS) is 13.8.